The molecule has 0 aliphatic carbocycles. The second-order valence-electron chi connectivity index (χ2n) is 6.44. The average molecular weight is 391 g/mol. The lowest BCUT2D eigenvalue weighted by Crippen LogP contribution is -2.65. The molecule has 0 saturated carbocycles. The van der Waals surface area contributed by atoms with Gasteiger partial charge in [-0.3, -0.25) is 24.5 Å². The smallest absolute Gasteiger partial charge is 0.348 e. The Morgan fingerprint density at radius 2 is 1.63 bits per heavy atom. The summed E-state index contributed by atoms with van der Waals surface area (Å²) in [5.41, 5.74) is 8.70. The Bertz CT molecular complexity index is 593. The summed E-state index contributed by atoms with van der Waals surface area (Å²) in [6.07, 6.45) is -1.95. The molecule has 8 N–H and O–H groups in total. The van der Waals surface area contributed by atoms with E-state index in [-0.39, 0.29) is 12.3 Å². The van der Waals surface area contributed by atoms with Crippen molar-refractivity contribution in [3.05, 3.63) is 0 Å². The van der Waals surface area contributed by atoms with Crippen molar-refractivity contribution in [1.82, 2.24) is 5.32 Å². The van der Waals surface area contributed by atoms with Crippen molar-refractivity contribution < 1.29 is 44.0 Å². The molecule has 154 valence electrons. The molecule has 0 aromatic carbocycles. The normalized spacial score (nSPS) is 15.4. The third-order valence-corrected chi connectivity index (χ3v) is 3.44. The lowest BCUT2D eigenvalue weighted by molar-refractivity contribution is -0.166. The first-order chi connectivity index (χ1) is 12.3. The molecule has 0 unspecified atom stereocenters. The largest absolute Gasteiger partial charge is 0.481 e. The zero-order valence-corrected chi connectivity index (χ0v) is 15.0. The summed E-state index contributed by atoms with van der Waals surface area (Å²) in [6.45, 7) is 3.45. The Kier molecular flexibility index (Phi) is 9.54. The fraction of sp³-hybridized carbons (Fsp3) is 0.667. The Morgan fingerprint density at radius 3 is 2.04 bits per heavy atom. The summed E-state index contributed by atoms with van der Waals surface area (Å²) >= 11 is 0. The molecule has 0 aromatic rings. The molecule has 3 atom stereocenters. The third-order valence-electron chi connectivity index (χ3n) is 3.44. The summed E-state index contributed by atoms with van der Waals surface area (Å²) in [5, 5.41) is 29.1. The number of nitrogens with two attached hydrogens (primary N) is 2. The van der Waals surface area contributed by atoms with Gasteiger partial charge in [0.25, 0.3) is 0 Å². The molecular weight excluding hydrogens is 366 g/mol. The van der Waals surface area contributed by atoms with E-state index in [1.807, 2.05) is 0 Å². The highest BCUT2D eigenvalue weighted by Crippen LogP contribution is 2.15. The lowest BCUT2D eigenvalue weighted by Gasteiger charge is -2.31. The van der Waals surface area contributed by atoms with Crippen molar-refractivity contribution in [1.29, 1.82) is 0 Å². The van der Waals surface area contributed by atoms with Crippen LogP contribution in [0, 0.1) is 5.92 Å². The maximum absolute atomic E-state index is 12.3. The van der Waals surface area contributed by atoms with Crippen molar-refractivity contribution in [2.45, 2.75) is 57.3 Å². The van der Waals surface area contributed by atoms with Crippen LogP contribution >= 0.6 is 0 Å². The molecule has 12 heteroatoms. The third kappa shape index (κ3) is 9.08. The summed E-state index contributed by atoms with van der Waals surface area (Å²) < 4.78 is 4.46. The molecule has 0 rings (SSSR count). The van der Waals surface area contributed by atoms with Crippen LogP contribution in [0.4, 0.5) is 0 Å². The van der Waals surface area contributed by atoms with Gasteiger partial charge in [0.05, 0.1) is 6.42 Å². The Morgan fingerprint density at radius 1 is 1.07 bits per heavy atom. The number of carboxylic acids is 3. The quantitative estimate of drug-likeness (QED) is 0.127. The number of ether oxygens (including phenoxy) is 1. The van der Waals surface area contributed by atoms with E-state index in [2.05, 4.69) is 10.1 Å². The molecule has 0 aliphatic heterocycles. The highest BCUT2D eigenvalue weighted by Gasteiger charge is 2.41. The van der Waals surface area contributed by atoms with Gasteiger partial charge < -0.3 is 31.5 Å². The fourth-order valence-electron chi connectivity index (χ4n) is 2.04. The number of carbonyl (C=O) groups excluding carboxylic acids is 2. The predicted octanol–water partition coefficient (Wildman–Crippen LogP) is -1.53. The second-order valence-corrected chi connectivity index (χ2v) is 6.44. The topological polar surface area (TPSA) is 219 Å². The molecule has 0 fully saturated rings. The molecular formula is C15H25N3O9. The monoisotopic (exact) mass is 391 g/mol. The lowest BCUT2D eigenvalue weighted by atomic mass is 9.98. The number of hydrogen-bond acceptors (Lipinski definition) is 9. The Balaban J connectivity index is 5.36. The maximum atomic E-state index is 12.3. The zero-order valence-electron chi connectivity index (χ0n) is 15.0. The van der Waals surface area contributed by atoms with Crippen molar-refractivity contribution in [2.24, 2.45) is 17.4 Å². The highest BCUT2D eigenvalue weighted by atomic mass is 16.6. The summed E-state index contributed by atoms with van der Waals surface area (Å²) in [5.74, 6) is -6.96. The van der Waals surface area contributed by atoms with Crippen LogP contribution in [0.25, 0.3) is 0 Å². The minimum absolute atomic E-state index is 0.0620. The van der Waals surface area contributed by atoms with Crippen molar-refractivity contribution in [3.63, 3.8) is 0 Å². The molecule has 0 bridgehead atoms. The van der Waals surface area contributed by atoms with Crippen LogP contribution in [0.2, 0.25) is 0 Å². The van der Waals surface area contributed by atoms with Gasteiger partial charge in [-0.25, -0.2) is 4.79 Å². The molecule has 0 radical (unpaired) electrons. The van der Waals surface area contributed by atoms with Crippen LogP contribution in [0.15, 0.2) is 0 Å². The first kappa shape index (κ1) is 24.4. The molecule has 0 heterocycles. The predicted molar refractivity (Wildman–Crippen MR) is 89.1 cm³/mol. The summed E-state index contributed by atoms with van der Waals surface area (Å²) in [6, 6.07) is -2.93. The number of esters is 2. The van der Waals surface area contributed by atoms with Crippen LogP contribution in [0.3, 0.4) is 0 Å². The average Bonchev–Trinajstić information content (AvgIpc) is 2.51. The Hall–Kier alpha value is -2.57. The van der Waals surface area contributed by atoms with Crippen LogP contribution in [-0.2, 0) is 28.7 Å². The van der Waals surface area contributed by atoms with Crippen molar-refractivity contribution in [3.8, 4) is 0 Å². The van der Waals surface area contributed by atoms with Gasteiger partial charge in [-0.15, -0.1) is 0 Å². The summed E-state index contributed by atoms with van der Waals surface area (Å²) in [7, 11) is 0. The van der Waals surface area contributed by atoms with Crippen LogP contribution in [0.1, 0.15) is 39.5 Å². The van der Waals surface area contributed by atoms with E-state index in [9.17, 15) is 29.1 Å². The number of aliphatic carboxylic acids is 3. The molecule has 12 nitrogen and oxygen atoms in total. The van der Waals surface area contributed by atoms with Gasteiger partial charge in [-0.1, -0.05) is 13.8 Å². The molecule has 0 amide bonds. The van der Waals surface area contributed by atoms with E-state index in [4.69, 9.17) is 21.7 Å². The number of rotatable bonds is 12. The minimum Gasteiger partial charge on any atom is -0.481 e. The first-order valence-corrected chi connectivity index (χ1v) is 8.03. The number of carboxylic acid groups (broad SMARTS) is 3. The van der Waals surface area contributed by atoms with Crippen LogP contribution < -0.4 is 16.8 Å². The molecule has 0 aromatic heterocycles. The van der Waals surface area contributed by atoms with E-state index < -0.39 is 66.9 Å². The van der Waals surface area contributed by atoms with Gasteiger partial charge in [0.1, 0.15) is 12.1 Å². The second kappa shape index (κ2) is 10.5. The maximum Gasteiger partial charge on any atom is 0.348 e. The van der Waals surface area contributed by atoms with Gasteiger partial charge in [-0.05, 0) is 12.3 Å². The van der Waals surface area contributed by atoms with Crippen LogP contribution in [-0.4, -0.2) is 62.9 Å². The van der Waals surface area contributed by atoms with Crippen molar-refractivity contribution in [2.75, 3.05) is 0 Å². The molecule has 27 heavy (non-hydrogen) atoms. The van der Waals surface area contributed by atoms with Gasteiger partial charge >= 0.3 is 29.8 Å². The van der Waals surface area contributed by atoms with Gasteiger partial charge in [-0.2, -0.15) is 0 Å². The summed E-state index contributed by atoms with van der Waals surface area (Å²) in [4.78, 5) is 56.7. The zero-order chi connectivity index (χ0) is 21.4. The number of hydrogen-bond donors (Lipinski definition) is 6. The standard InChI is InChI=1S/C15H25N3O9/c1-7(2)5-9(13(24)25)18-15(17,4-3-10(19)20)14(26)27-11(21)6-8(16)12(22)23/h7-9,18H,3-6,16-17H2,1-2H3,(H,19,20)(H,22,23)(H,24,25)/t8-,9-,15+/m0/s1. The SMILES string of the molecule is CC(C)C[C@H](N[C@](N)(CCC(=O)O)C(=O)OC(=O)C[C@H](N)C(=O)O)C(=O)O. The molecule has 0 spiro atoms. The van der Waals surface area contributed by atoms with E-state index in [0.717, 1.165) is 0 Å². The number of carbonyl (C=O) groups is 5. The van der Waals surface area contributed by atoms with E-state index in [1.165, 1.54) is 0 Å². The van der Waals surface area contributed by atoms with Gasteiger partial charge in [0, 0.05) is 12.8 Å². The fourth-order valence-corrected chi connectivity index (χ4v) is 2.04. The number of nitrogens with one attached hydrogen (secondary N) is 1. The highest BCUT2D eigenvalue weighted by molar-refractivity contribution is 5.93. The molecule has 0 saturated heterocycles. The van der Waals surface area contributed by atoms with E-state index >= 15 is 0 Å². The minimum atomic E-state index is -2.29. The van der Waals surface area contributed by atoms with Crippen molar-refractivity contribution >= 4 is 29.8 Å². The Labute approximate surface area is 154 Å². The molecule has 0 aliphatic rings. The van der Waals surface area contributed by atoms with Gasteiger partial charge in [0.2, 0.25) is 0 Å². The van der Waals surface area contributed by atoms with E-state index in [1.54, 1.807) is 13.8 Å². The van der Waals surface area contributed by atoms with Gasteiger partial charge in [0.15, 0.2) is 5.66 Å². The van der Waals surface area contributed by atoms with E-state index in [0.29, 0.717) is 0 Å². The van der Waals surface area contributed by atoms with Crippen LogP contribution in [0.5, 0.6) is 0 Å². The first-order valence-electron chi connectivity index (χ1n) is 8.03.